The molecule has 0 aliphatic carbocycles. The fourth-order valence-corrected chi connectivity index (χ4v) is 5.53. The van der Waals surface area contributed by atoms with Crippen molar-refractivity contribution in [2.24, 2.45) is 23.5 Å². The van der Waals surface area contributed by atoms with Gasteiger partial charge >= 0.3 is 0 Å². The number of nitrogens with two attached hydrogens (primary N) is 1. The Hall–Kier alpha value is -0.170. The standard InChI is InChI=1S/C14H29N3O2S/c1-11-8-12(2)13(3)17(10-11)20(18,19)16-6-4-14(9-15)5-7-16/h11-14H,4-10,15H2,1-3H3. The quantitative estimate of drug-likeness (QED) is 0.854. The van der Waals surface area contributed by atoms with Crippen molar-refractivity contribution in [3.8, 4) is 0 Å². The lowest BCUT2D eigenvalue weighted by molar-refractivity contribution is 0.143. The van der Waals surface area contributed by atoms with Gasteiger partial charge in [-0.05, 0) is 50.5 Å². The van der Waals surface area contributed by atoms with E-state index in [0.717, 1.165) is 19.3 Å². The average molecular weight is 303 g/mol. The maximum atomic E-state index is 12.9. The van der Waals surface area contributed by atoms with Crippen molar-refractivity contribution in [3.05, 3.63) is 0 Å². The van der Waals surface area contributed by atoms with Crippen molar-refractivity contribution in [1.82, 2.24) is 8.61 Å². The summed E-state index contributed by atoms with van der Waals surface area (Å²) in [5.41, 5.74) is 5.68. The van der Waals surface area contributed by atoms with Crippen LogP contribution in [0.4, 0.5) is 0 Å². The van der Waals surface area contributed by atoms with E-state index in [9.17, 15) is 8.42 Å². The topological polar surface area (TPSA) is 66.6 Å². The first kappa shape index (κ1) is 16.2. The van der Waals surface area contributed by atoms with Crippen molar-refractivity contribution in [3.63, 3.8) is 0 Å². The smallest absolute Gasteiger partial charge is 0.282 e. The summed E-state index contributed by atoms with van der Waals surface area (Å²) in [5, 5.41) is 0. The van der Waals surface area contributed by atoms with Gasteiger partial charge in [-0.2, -0.15) is 17.0 Å². The Morgan fingerprint density at radius 3 is 2.30 bits per heavy atom. The first-order valence-electron chi connectivity index (χ1n) is 7.83. The van der Waals surface area contributed by atoms with Crippen molar-refractivity contribution in [1.29, 1.82) is 0 Å². The van der Waals surface area contributed by atoms with E-state index in [0.29, 0.717) is 43.9 Å². The van der Waals surface area contributed by atoms with E-state index >= 15 is 0 Å². The predicted molar refractivity (Wildman–Crippen MR) is 81.4 cm³/mol. The fourth-order valence-electron chi connectivity index (χ4n) is 3.49. The molecule has 118 valence electrons. The molecule has 0 spiro atoms. The summed E-state index contributed by atoms with van der Waals surface area (Å²) < 4.78 is 29.1. The van der Waals surface area contributed by atoms with E-state index in [4.69, 9.17) is 5.73 Å². The van der Waals surface area contributed by atoms with Gasteiger partial charge in [-0.15, -0.1) is 0 Å². The van der Waals surface area contributed by atoms with Gasteiger partial charge in [0.2, 0.25) is 0 Å². The first-order valence-corrected chi connectivity index (χ1v) is 9.23. The molecule has 2 N–H and O–H groups in total. The van der Waals surface area contributed by atoms with Crippen LogP contribution < -0.4 is 5.73 Å². The zero-order valence-corrected chi connectivity index (χ0v) is 13.8. The maximum Gasteiger partial charge on any atom is 0.282 e. The molecule has 2 aliphatic heterocycles. The van der Waals surface area contributed by atoms with Gasteiger partial charge in [0.25, 0.3) is 10.2 Å². The van der Waals surface area contributed by atoms with Gasteiger partial charge in [0.15, 0.2) is 0 Å². The molecule has 0 amide bonds. The zero-order valence-electron chi connectivity index (χ0n) is 13.0. The molecule has 0 aromatic rings. The van der Waals surface area contributed by atoms with Gasteiger partial charge in [-0.25, -0.2) is 0 Å². The van der Waals surface area contributed by atoms with Gasteiger partial charge < -0.3 is 5.73 Å². The third-order valence-electron chi connectivity index (χ3n) is 5.07. The molecule has 2 heterocycles. The minimum absolute atomic E-state index is 0.100. The lowest BCUT2D eigenvalue weighted by Gasteiger charge is -2.43. The Labute approximate surface area is 123 Å². The molecular weight excluding hydrogens is 274 g/mol. The van der Waals surface area contributed by atoms with Gasteiger partial charge in [0, 0.05) is 25.7 Å². The Bertz CT molecular complexity index is 418. The summed E-state index contributed by atoms with van der Waals surface area (Å²) in [5.74, 6) is 1.35. The monoisotopic (exact) mass is 303 g/mol. The maximum absolute atomic E-state index is 12.9. The number of hydrogen-bond acceptors (Lipinski definition) is 3. The molecule has 2 aliphatic rings. The number of piperidine rings is 2. The number of nitrogens with zero attached hydrogens (tertiary/aromatic N) is 2. The summed E-state index contributed by atoms with van der Waals surface area (Å²) >= 11 is 0. The van der Waals surface area contributed by atoms with Crippen LogP contribution in [-0.2, 0) is 10.2 Å². The van der Waals surface area contributed by atoms with Crippen molar-refractivity contribution >= 4 is 10.2 Å². The van der Waals surface area contributed by atoms with Gasteiger partial charge in [-0.3, -0.25) is 0 Å². The van der Waals surface area contributed by atoms with E-state index in [1.54, 1.807) is 8.61 Å². The highest BCUT2D eigenvalue weighted by molar-refractivity contribution is 7.86. The van der Waals surface area contributed by atoms with Crippen LogP contribution in [0.15, 0.2) is 0 Å². The summed E-state index contributed by atoms with van der Waals surface area (Å²) in [4.78, 5) is 0. The van der Waals surface area contributed by atoms with Crippen LogP contribution in [0.5, 0.6) is 0 Å². The van der Waals surface area contributed by atoms with E-state index in [1.165, 1.54) is 0 Å². The Morgan fingerprint density at radius 2 is 1.75 bits per heavy atom. The normalized spacial score (nSPS) is 35.3. The van der Waals surface area contributed by atoms with Crippen LogP contribution in [-0.4, -0.2) is 49.2 Å². The molecule has 3 unspecified atom stereocenters. The van der Waals surface area contributed by atoms with Crippen molar-refractivity contribution in [2.45, 2.75) is 46.1 Å². The van der Waals surface area contributed by atoms with Crippen LogP contribution in [0.1, 0.15) is 40.0 Å². The largest absolute Gasteiger partial charge is 0.330 e. The average Bonchev–Trinajstić information content (AvgIpc) is 2.42. The SMILES string of the molecule is CC1CC(C)C(C)N(S(=O)(=O)N2CCC(CN)CC2)C1. The summed E-state index contributed by atoms with van der Waals surface area (Å²) in [6, 6.07) is 0.100. The zero-order chi connectivity index (χ0) is 14.9. The van der Waals surface area contributed by atoms with E-state index in [-0.39, 0.29) is 6.04 Å². The summed E-state index contributed by atoms with van der Waals surface area (Å²) in [6.45, 7) is 8.91. The van der Waals surface area contributed by atoms with Gasteiger partial charge in [-0.1, -0.05) is 13.8 Å². The molecule has 2 fully saturated rings. The fraction of sp³-hybridized carbons (Fsp3) is 1.00. The lowest BCUT2D eigenvalue weighted by Crippen LogP contribution is -2.55. The van der Waals surface area contributed by atoms with Crippen molar-refractivity contribution < 1.29 is 8.42 Å². The van der Waals surface area contributed by atoms with E-state index in [1.807, 2.05) is 6.92 Å². The van der Waals surface area contributed by atoms with Gasteiger partial charge in [0.05, 0.1) is 0 Å². The molecule has 2 rings (SSSR count). The second-order valence-electron chi connectivity index (χ2n) is 6.71. The molecular formula is C14H29N3O2S. The van der Waals surface area contributed by atoms with E-state index in [2.05, 4.69) is 13.8 Å². The number of hydrogen-bond donors (Lipinski definition) is 1. The second kappa shape index (κ2) is 6.30. The minimum Gasteiger partial charge on any atom is -0.330 e. The molecule has 0 bridgehead atoms. The lowest BCUT2D eigenvalue weighted by atomic mass is 9.88. The summed E-state index contributed by atoms with van der Waals surface area (Å²) in [7, 11) is -3.31. The molecule has 0 aromatic carbocycles. The van der Waals surface area contributed by atoms with Crippen LogP contribution in [0.25, 0.3) is 0 Å². The molecule has 5 nitrogen and oxygen atoms in total. The third-order valence-corrected chi connectivity index (χ3v) is 7.17. The highest BCUT2D eigenvalue weighted by Gasteiger charge is 2.40. The Balaban J connectivity index is 2.09. The first-order chi connectivity index (χ1) is 9.36. The molecule has 3 atom stereocenters. The molecule has 0 radical (unpaired) electrons. The Morgan fingerprint density at radius 1 is 1.15 bits per heavy atom. The second-order valence-corrected chi connectivity index (χ2v) is 8.60. The van der Waals surface area contributed by atoms with Gasteiger partial charge in [0.1, 0.15) is 0 Å². The highest BCUT2D eigenvalue weighted by atomic mass is 32.2. The van der Waals surface area contributed by atoms with Crippen molar-refractivity contribution in [2.75, 3.05) is 26.2 Å². The van der Waals surface area contributed by atoms with Crippen LogP contribution in [0, 0.1) is 17.8 Å². The molecule has 0 saturated carbocycles. The molecule has 0 aromatic heterocycles. The predicted octanol–water partition coefficient (Wildman–Crippen LogP) is 1.27. The highest BCUT2D eigenvalue weighted by Crippen LogP contribution is 2.31. The minimum atomic E-state index is -3.31. The number of rotatable bonds is 3. The molecule has 6 heteroatoms. The van der Waals surface area contributed by atoms with Crippen LogP contribution >= 0.6 is 0 Å². The van der Waals surface area contributed by atoms with E-state index < -0.39 is 10.2 Å². The molecule has 2 saturated heterocycles. The third kappa shape index (κ3) is 3.18. The Kier molecular flexibility index (Phi) is 5.10. The van der Waals surface area contributed by atoms with Crippen LogP contribution in [0.2, 0.25) is 0 Å². The van der Waals surface area contributed by atoms with Crippen LogP contribution in [0.3, 0.4) is 0 Å². The summed E-state index contributed by atoms with van der Waals surface area (Å²) in [6.07, 6.45) is 2.90. The molecule has 20 heavy (non-hydrogen) atoms.